The Kier molecular flexibility index (Phi) is 5.18. The van der Waals surface area contributed by atoms with Crippen LogP contribution < -0.4 is 0 Å². The number of ether oxygens (including phenoxy) is 1. The van der Waals surface area contributed by atoms with E-state index in [4.69, 9.17) is 4.74 Å². The standard InChI is InChI=1S/C15H21N3O8/c1-17(2)15(24,25)6-26-14(7-4-5-16-18(7)3)8-9(19)11(21)13(23)12(22)10(8)20/h4-5,14,19-25H,6H2,1-3H3. The van der Waals surface area contributed by atoms with Crippen molar-refractivity contribution in [3.8, 4) is 28.7 Å². The summed E-state index contributed by atoms with van der Waals surface area (Å²) in [5, 5.41) is 73.1. The van der Waals surface area contributed by atoms with Gasteiger partial charge in [0.2, 0.25) is 23.2 Å². The second-order valence-corrected chi connectivity index (χ2v) is 5.90. The fraction of sp³-hybridized carbons (Fsp3) is 0.400. The monoisotopic (exact) mass is 371 g/mol. The molecule has 0 amide bonds. The summed E-state index contributed by atoms with van der Waals surface area (Å²) >= 11 is 0. The molecule has 2 aromatic rings. The molecule has 7 N–H and O–H groups in total. The number of aliphatic hydroxyl groups is 2. The smallest absolute Gasteiger partial charge is 0.249 e. The predicted octanol–water partition coefficient (Wildman–Crippen LogP) is -0.746. The molecular weight excluding hydrogens is 350 g/mol. The Morgan fingerprint density at radius 3 is 1.96 bits per heavy atom. The largest absolute Gasteiger partial charge is 0.504 e. The van der Waals surface area contributed by atoms with Crippen LogP contribution in [0.4, 0.5) is 0 Å². The third kappa shape index (κ3) is 3.32. The maximum Gasteiger partial charge on any atom is 0.249 e. The molecule has 144 valence electrons. The molecule has 0 spiro atoms. The zero-order valence-corrected chi connectivity index (χ0v) is 14.3. The van der Waals surface area contributed by atoms with E-state index in [1.807, 2.05) is 0 Å². The van der Waals surface area contributed by atoms with Gasteiger partial charge >= 0.3 is 0 Å². The molecule has 1 atom stereocenters. The van der Waals surface area contributed by atoms with Gasteiger partial charge in [0.25, 0.3) is 0 Å². The van der Waals surface area contributed by atoms with Crippen LogP contribution in [-0.4, -0.2) is 77.0 Å². The van der Waals surface area contributed by atoms with E-state index in [0.29, 0.717) is 0 Å². The molecule has 11 heteroatoms. The SMILES string of the molecule is CN(C)C(O)(O)COC(c1c(O)c(O)c(O)c(O)c1O)c1ccnn1C. The van der Waals surface area contributed by atoms with Gasteiger partial charge in [-0.2, -0.15) is 5.10 Å². The van der Waals surface area contributed by atoms with Gasteiger partial charge in [-0.3, -0.25) is 9.58 Å². The molecular formula is C15H21N3O8. The molecule has 0 radical (unpaired) electrons. The number of hydrogen-bond acceptors (Lipinski definition) is 10. The highest BCUT2D eigenvalue weighted by atomic mass is 16.6. The number of rotatable bonds is 6. The average Bonchev–Trinajstić information content (AvgIpc) is 2.99. The van der Waals surface area contributed by atoms with Crippen molar-refractivity contribution in [3.63, 3.8) is 0 Å². The van der Waals surface area contributed by atoms with Crippen LogP contribution in [0, 0.1) is 0 Å². The van der Waals surface area contributed by atoms with E-state index >= 15 is 0 Å². The van der Waals surface area contributed by atoms with Gasteiger partial charge in [-0.1, -0.05) is 0 Å². The lowest BCUT2D eigenvalue weighted by Gasteiger charge is -2.31. The van der Waals surface area contributed by atoms with Crippen molar-refractivity contribution < 1.29 is 40.5 Å². The Labute approximate surface area is 148 Å². The zero-order chi connectivity index (χ0) is 19.8. The lowest BCUT2D eigenvalue weighted by molar-refractivity contribution is -0.279. The van der Waals surface area contributed by atoms with Crippen LogP contribution >= 0.6 is 0 Å². The Morgan fingerprint density at radius 2 is 1.54 bits per heavy atom. The van der Waals surface area contributed by atoms with E-state index in [2.05, 4.69) is 5.10 Å². The van der Waals surface area contributed by atoms with Crippen LogP contribution in [0.15, 0.2) is 12.3 Å². The minimum Gasteiger partial charge on any atom is -0.504 e. The van der Waals surface area contributed by atoms with Crippen molar-refractivity contribution in [2.75, 3.05) is 20.7 Å². The Hall–Kier alpha value is -2.73. The van der Waals surface area contributed by atoms with Crippen molar-refractivity contribution >= 4 is 0 Å². The first-order valence-electron chi connectivity index (χ1n) is 7.39. The molecule has 26 heavy (non-hydrogen) atoms. The number of benzene rings is 1. The molecule has 1 aromatic carbocycles. The van der Waals surface area contributed by atoms with Gasteiger partial charge in [0.1, 0.15) is 12.7 Å². The fourth-order valence-electron chi connectivity index (χ4n) is 2.23. The first-order valence-corrected chi connectivity index (χ1v) is 7.39. The van der Waals surface area contributed by atoms with E-state index < -0.39 is 52.9 Å². The molecule has 0 saturated heterocycles. The highest BCUT2D eigenvalue weighted by Gasteiger charge is 2.35. The number of phenols is 5. The number of nitrogens with zero attached hydrogens (tertiary/aromatic N) is 3. The molecule has 0 aliphatic carbocycles. The number of aryl methyl sites for hydroxylation is 1. The van der Waals surface area contributed by atoms with Gasteiger partial charge in [-0.25, -0.2) is 0 Å². The van der Waals surface area contributed by atoms with E-state index in [1.165, 1.54) is 38.1 Å². The first-order chi connectivity index (χ1) is 12.0. The summed E-state index contributed by atoms with van der Waals surface area (Å²) < 4.78 is 6.78. The normalized spacial score (nSPS) is 13.3. The molecule has 0 saturated carbocycles. The topological polar surface area (TPSA) is 172 Å². The maximum atomic E-state index is 10.2. The zero-order valence-electron chi connectivity index (χ0n) is 14.3. The van der Waals surface area contributed by atoms with Gasteiger partial charge in [0, 0.05) is 13.2 Å². The lowest BCUT2D eigenvalue weighted by Crippen LogP contribution is -2.48. The molecule has 0 aliphatic rings. The lowest BCUT2D eigenvalue weighted by atomic mass is 10.0. The minimum atomic E-state index is -2.39. The van der Waals surface area contributed by atoms with Crippen molar-refractivity contribution in [1.29, 1.82) is 0 Å². The molecule has 11 nitrogen and oxygen atoms in total. The summed E-state index contributed by atoms with van der Waals surface area (Å²) in [6.45, 7) is -0.697. The van der Waals surface area contributed by atoms with E-state index in [9.17, 15) is 35.7 Å². The van der Waals surface area contributed by atoms with Crippen molar-refractivity contribution in [2.45, 2.75) is 12.0 Å². The van der Waals surface area contributed by atoms with Crippen LogP contribution in [0.3, 0.4) is 0 Å². The van der Waals surface area contributed by atoms with Gasteiger partial charge < -0.3 is 40.5 Å². The minimum absolute atomic E-state index is 0.245. The fourth-order valence-corrected chi connectivity index (χ4v) is 2.23. The van der Waals surface area contributed by atoms with E-state index in [0.717, 1.165) is 4.90 Å². The summed E-state index contributed by atoms with van der Waals surface area (Å²) in [6, 6.07) is 1.45. The number of aromatic nitrogens is 2. The second kappa shape index (κ2) is 6.88. The van der Waals surface area contributed by atoms with Crippen LogP contribution in [0.1, 0.15) is 17.4 Å². The van der Waals surface area contributed by atoms with Crippen LogP contribution in [-0.2, 0) is 11.8 Å². The Morgan fingerprint density at radius 1 is 1.04 bits per heavy atom. The molecule has 2 rings (SSSR count). The van der Waals surface area contributed by atoms with Crippen LogP contribution in [0.5, 0.6) is 28.7 Å². The number of aromatic hydroxyl groups is 5. The third-order valence-electron chi connectivity index (χ3n) is 3.96. The summed E-state index contributed by atoms with van der Waals surface area (Å²) in [5.41, 5.74) is -0.245. The van der Waals surface area contributed by atoms with Crippen LogP contribution in [0.2, 0.25) is 0 Å². The summed E-state index contributed by atoms with van der Waals surface area (Å²) in [7, 11) is 4.29. The summed E-state index contributed by atoms with van der Waals surface area (Å²) in [5.74, 6) is -7.54. The maximum absolute atomic E-state index is 10.2. The van der Waals surface area contributed by atoms with Crippen molar-refractivity contribution in [3.05, 3.63) is 23.5 Å². The quantitative estimate of drug-likeness (QED) is 0.195. The predicted molar refractivity (Wildman–Crippen MR) is 86.6 cm³/mol. The number of phenolic OH excluding ortho intramolecular Hbond substituents is 5. The number of hydrogen-bond donors (Lipinski definition) is 7. The Bertz CT molecular complexity index is 773. The summed E-state index contributed by atoms with van der Waals surface area (Å²) in [6.07, 6.45) is 0.00955. The molecule has 0 fully saturated rings. The molecule has 0 aliphatic heterocycles. The Balaban J connectivity index is 2.58. The van der Waals surface area contributed by atoms with E-state index in [1.54, 1.807) is 0 Å². The van der Waals surface area contributed by atoms with Gasteiger partial charge in [-0.15, -0.1) is 0 Å². The van der Waals surface area contributed by atoms with Crippen molar-refractivity contribution in [2.24, 2.45) is 7.05 Å². The first kappa shape index (κ1) is 19.6. The van der Waals surface area contributed by atoms with Crippen molar-refractivity contribution in [1.82, 2.24) is 14.7 Å². The highest BCUT2D eigenvalue weighted by Crippen LogP contribution is 2.54. The third-order valence-corrected chi connectivity index (χ3v) is 3.96. The highest BCUT2D eigenvalue weighted by molar-refractivity contribution is 5.68. The molecule has 1 aromatic heterocycles. The molecule has 0 bridgehead atoms. The average molecular weight is 371 g/mol. The number of likely N-dealkylation sites (N-methyl/N-ethyl adjacent to an activating group) is 1. The molecule has 1 heterocycles. The van der Waals surface area contributed by atoms with Gasteiger partial charge in [-0.05, 0) is 20.2 Å². The van der Waals surface area contributed by atoms with E-state index in [-0.39, 0.29) is 5.69 Å². The van der Waals surface area contributed by atoms with Crippen LogP contribution in [0.25, 0.3) is 0 Å². The summed E-state index contributed by atoms with van der Waals surface area (Å²) in [4.78, 5) is 1.05. The van der Waals surface area contributed by atoms with Gasteiger partial charge in [0.15, 0.2) is 11.5 Å². The molecule has 1 unspecified atom stereocenters. The van der Waals surface area contributed by atoms with Gasteiger partial charge in [0.05, 0.1) is 11.3 Å². The second-order valence-electron chi connectivity index (χ2n) is 5.90.